The van der Waals surface area contributed by atoms with Gasteiger partial charge in [-0.25, -0.2) is 4.39 Å². The van der Waals surface area contributed by atoms with Crippen molar-refractivity contribution in [1.82, 2.24) is 5.32 Å². The van der Waals surface area contributed by atoms with Gasteiger partial charge in [-0.3, -0.25) is 9.59 Å². The van der Waals surface area contributed by atoms with Crippen LogP contribution in [0.5, 0.6) is 0 Å². The van der Waals surface area contributed by atoms with Gasteiger partial charge in [0.25, 0.3) is 5.91 Å². The Morgan fingerprint density at radius 2 is 1.64 bits per heavy atom. The van der Waals surface area contributed by atoms with Crippen LogP contribution >= 0.6 is 0 Å². The third-order valence-corrected chi connectivity index (χ3v) is 3.63. The predicted molar refractivity (Wildman–Crippen MR) is 109 cm³/mol. The highest BCUT2D eigenvalue weighted by molar-refractivity contribution is 5.97. The molecular formula is C22H24FN3O2. The molecule has 0 aromatic heterocycles. The van der Waals surface area contributed by atoms with E-state index in [1.807, 2.05) is 0 Å². The van der Waals surface area contributed by atoms with Crippen molar-refractivity contribution >= 4 is 11.8 Å². The first kappa shape index (κ1) is 22.6. The van der Waals surface area contributed by atoms with E-state index >= 15 is 0 Å². The van der Waals surface area contributed by atoms with Crippen molar-refractivity contribution in [2.75, 3.05) is 0 Å². The van der Waals surface area contributed by atoms with Crippen LogP contribution in [0, 0.1) is 17.7 Å². The van der Waals surface area contributed by atoms with Crippen LogP contribution in [0.2, 0.25) is 0 Å². The van der Waals surface area contributed by atoms with Crippen molar-refractivity contribution in [1.29, 1.82) is 0 Å². The average Bonchev–Trinajstić information content (AvgIpc) is 2.65. The number of halogens is 1. The number of hydrogen-bond acceptors (Lipinski definition) is 3. The molecule has 146 valence electrons. The number of carbonyl (C=O) groups is 2. The smallest absolute Gasteiger partial charge is 0.251 e. The summed E-state index contributed by atoms with van der Waals surface area (Å²) in [7, 11) is 0. The molecule has 0 fully saturated rings. The summed E-state index contributed by atoms with van der Waals surface area (Å²) in [5, 5.41) is 2.54. The molecule has 2 aromatic rings. The molecule has 2 aromatic carbocycles. The van der Waals surface area contributed by atoms with Crippen LogP contribution in [-0.4, -0.2) is 23.4 Å². The zero-order valence-corrected chi connectivity index (χ0v) is 16.0. The van der Waals surface area contributed by atoms with Gasteiger partial charge in [0.15, 0.2) is 0 Å². The van der Waals surface area contributed by atoms with E-state index in [0.717, 1.165) is 0 Å². The SMILES string of the molecule is C=C.CC(C)(N)C(NC(=O)c1ccc(C#Cc2cccc(F)c2)cc1)C(N)=O. The first-order valence-electron chi connectivity index (χ1n) is 8.43. The van der Waals surface area contributed by atoms with Crippen LogP contribution in [0.1, 0.15) is 35.3 Å². The van der Waals surface area contributed by atoms with E-state index in [2.05, 4.69) is 30.3 Å². The largest absolute Gasteiger partial charge is 0.368 e. The van der Waals surface area contributed by atoms with Gasteiger partial charge in [-0.05, 0) is 56.3 Å². The molecule has 0 aliphatic rings. The molecule has 28 heavy (non-hydrogen) atoms. The van der Waals surface area contributed by atoms with Crippen molar-refractivity contribution in [3.63, 3.8) is 0 Å². The first-order chi connectivity index (χ1) is 13.2. The summed E-state index contributed by atoms with van der Waals surface area (Å²) in [6.45, 7) is 9.21. The van der Waals surface area contributed by atoms with Crippen molar-refractivity contribution < 1.29 is 14.0 Å². The van der Waals surface area contributed by atoms with Crippen LogP contribution in [0.3, 0.4) is 0 Å². The lowest BCUT2D eigenvalue weighted by molar-refractivity contribution is -0.121. The number of carbonyl (C=O) groups excluding carboxylic acids is 2. The number of rotatable bonds is 4. The van der Waals surface area contributed by atoms with E-state index < -0.39 is 23.4 Å². The second-order valence-corrected chi connectivity index (χ2v) is 6.47. The summed E-state index contributed by atoms with van der Waals surface area (Å²) in [6.07, 6.45) is 0. The Labute approximate surface area is 164 Å². The molecule has 0 aliphatic heterocycles. The van der Waals surface area contributed by atoms with E-state index in [1.165, 1.54) is 12.1 Å². The quantitative estimate of drug-likeness (QED) is 0.560. The molecule has 1 atom stereocenters. The molecule has 0 aliphatic carbocycles. The molecule has 0 spiro atoms. The fourth-order valence-corrected chi connectivity index (χ4v) is 2.25. The van der Waals surface area contributed by atoms with E-state index in [1.54, 1.807) is 50.2 Å². The molecule has 2 amide bonds. The zero-order valence-electron chi connectivity index (χ0n) is 16.0. The van der Waals surface area contributed by atoms with E-state index in [9.17, 15) is 14.0 Å². The van der Waals surface area contributed by atoms with Crippen LogP contribution in [0.15, 0.2) is 61.7 Å². The van der Waals surface area contributed by atoms with Gasteiger partial charge in [0.2, 0.25) is 5.91 Å². The Bertz CT molecular complexity index is 890. The Hall–Kier alpha value is -3.43. The summed E-state index contributed by atoms with van der Waals surface area (Å²) in [6, 6.07) is 11.5. The monoisotopic (exact) mass is 381 g/mol. The summed E-state index contributed by atoms with van der Waals surface area (Å²) in [5.41, 5.74) is 11.8. The van der Waals surface area contributed by atoms with Crippen LogP contribution in [0.25, 0.3) is 0 Å². The second kappa shape index (κ2) is 10.0. The number of nitrogens with one attached hydrogen (secondary N) is 1. The molecule has 5 nitrogen and oxygen atoms in total. The fourth-order valence-electron chi connectivity index (χ4n) is 2.25. The average molecular weight is 381 g/mol. The van der Waals surface area contributed by atoms with Crippen molar-refractivity contribution in [2.45, 2.75) is 25.4 Å². The van der Waals surface area contributed by atoms with Crippen LogP contribution in [-0.2, 0) is 4.79 Å². The highest BCUT2D eigenvalue weighted by atomic mass is 19.1. The Balaban J connectivity index is 0.00000190. The van der Waals surface area contributed by atoms with Gasteiger partial charge in [-0.1, -0.05) is 17.9 Å². The number of primary amides is 1. The molecule has 0 saturated heterocycles. The molecule has 5 N–H and O–H groups in total. The molecule has 0 bridgehead atoms. The second-order valence-electron chi connectivity index (χ2n) is 6.47. The number of benzene rings is 2. The fraction of sp³-hybridized carbons (Fsp3) is 0.182. The zero-order chi connectivity index (χ0) is 21.3. The summed E-state index contributed by atoms with van der Waals surface area (Å²) < 4.78 is 13.1. The van der Waals surface area contributed by atoms with E-state index in [0.29, 0.717) is 16.7 Å². The lowest BCUT2D eigenvalue weighted by Crippen LogP contribution is -2.60. The van der Waals surface area contributed by atoms with Crippen molar-refractivity contribution in [3.8, 4) is 11.8 Å². The molecule has 0 radical (unpaired) electrons. The molecular weight excluding hydrogens is 357 g/mol. The number of amides is 2. The third kappa shape index (κ3) is 6.71. The van der Waals surface area contributed by atoms with Gasteiger partial charge < -0.3 is 16.8 Å². The van der Waals surface area contributed by atoms with E-state index in [4.69, 9.17) is 11.5 Å². The Morgan fingerprint density at radius 3 is 2.14 bits per heavy atom. The molecule has 0 heterocycles. The van der Waals surface area contributed by atoms with Crippen molar-refractivity contribution in [3.05, 3.63) is 84.2 Å². The van der Waals surface area contributed by atoms with Gasteiger partial charge in [-0.2, -0.15) is 0 Å². The van der Waals surface area contributed by atoms with Gasteiger partial charge >= 0.3 is 0 Å². The first-order valence-corrected chi connectivity index (χ1v) is 8.43. The van der Waals surface area contributed by atoms with Gasteiger partial charge in [0, 0.05) is 22.2 Å². The minimum Gasteiger partial charge on any atom is -0.368 e. The lowest BCUT2D eigenvalue weighted by Gasteiger charge is -2.28. The topological polar surface area (TPSA) is 98.2 Å². The van der Waals surface area contributed by atoms with E-state index in [-0.39, 0.29) is 5.82 Å². The van der Waals surface area contributed by atoms with Crippen molar-refractivity contribution in [2.24, 2.45) is 11.5 Å². The normalized spacial score (nSPS) is 11.1. The Kier molecular flexibility index (Phi) is 8.11. The maximum atomic E-state index is 13.1. The van der Waals surface area contributed by atoms with Gasteiger partial charge in [-0.15, -0.1) is 13.2 Å². The highest BCUT2D eigenvalue weighted by Gasteiger charge is 2.31. The Morgan fingerprint density at radius 1 is 1.07 bits per heavy atom. The number of hydrogen-bond donors (Lipinski definition) is 3. The minimum absolute atomic E-state index is 0.344. The van der Waals surface area contributed by atoms with Crippen LogP contribution in [0.4, 0.5) is 4.39 Å². The molecule has 6 heteroatoms. The molecule has 2 rings (SSSR count). The number of nitrogens with two attached hydrogens (primary N) is 2. The molecule has 1 unspecified atom stereocenters. The molecule has 0 saturated carbocycles. The summed E-state index contributed by atoms with van der Waals surface area (Å²) in [5.74, 6) is 4.23. The maximum absolute atomic E-state index is 13.1. The lowest BCUT2D eigenvalue weighted by atomic mass is 9.95. The minimum atomic E-state index is -0.998. The summed E-state index contributed by atoms with van der Waals surface area (Å²) >= 11 is 0. The maximum Gasteiger partial charge on any atom is 0.251 e. The van der Waals surface area contributed by atoms with Gasteiger partial charge in [0.1, 0.15) is 11.9 Å². The highest BCUT2D eigenvalue weighted by Crippen LogP contribution is 2.09. The van der Waals surface area contributed by atoms with Crippen LogP contribution < -0.4 is 16.8 Å². The predicted octanol–water partition coefficient (Wildman–Crippen LogP) is 2.35. The standard InChI is InChI=1S/C20H20FN3O2.C2H4/c1-20(2,23)17(18(22)25)24-19(26)15-10-8-13(9-11-15)6-7-14-4-3-5-16(21)12-14;1-2/h3-5,8-12,17H,23H2,1-2H3,(H2,22,25)(H,24,26);1-2H2. The van der Waals surface area contributed by atoms with Gasteiger partial charge in [0.05, 0.1) is 0 Å². The summed E-state index contributed by atoms with van der Waals surface area (Å²) in [4.78, 5) is 23.8. The third-order valence-electron chi connectivity index (χ3n) is 3.63.